The second-order valence-corrected chi connectivity index (χ2v) is 20.9. The van der Waals surface area contributed by atoms with E-state index >= 15 is 0 Å². The molecule has 0 amide bonds. The third kappa shape index (κ3) is 6.68. The molecule has 0 aliphatic carbocycles. The molecule has 0 heterocycles. The van der Waals surface area contributed by atoms with Gasteiger partial charge in [0, 0.05) is 13.5 Å². The van der Waals surface area contributed by atoms with E-state index < -0.39 is 73.7 Å². The number of hydrogen-bond donors (Lipinski definition) is 0. The first kappa shape index (κ1) is 33.6. The van der Waals surface area contributed by atoms with Gasteiger partial charge in [-0.3, -0.25) is 0 Å². The van der Waals surface area contributed by atoms with Crippen molar-refractivity contribution in [2.24, 2.45) is 0 Å². The Morgan fingerprint density at radius 3 is 1.26 bits per heavy atom. The largest absolute Gasteiger partial charge is 0.460 e. The Morgan fingerprint density at radius 2 is 0.941 bits per heavy atom. The molecule has 0 saturated heterocycles. The molecule has 0 rings (SSSR count). The van der Waals surface area contributed by atoms with Gasteiger partial charge in [-0.1, -0.05) is 0 Å². The molecule has 0 spiro atoms. The molecule has 0 aliphatic heterocycles. The maximum atomic E-state index is 14.2. The Labute approximate surface area is 190 Å². The molecule has 3 nitrogen and oxygen atoms in total. The minimum atomic E-state index is -7.91. The maximum absolute atomic E-state index is 14.2. The summed E-state index contributed by atoms with van der Waals surface area (Å²) < 4.78 is 189. The van der Waals surface area contributed by atoms with Gasteiger partial charge in [-0.15, -0.1) is 0 Å². The van der Waals surface area contributed by atoms with Crippen molar-refractivity contribution < 1.29 is 69.7 Å². The molecule has 1 atom stereocenters. The third-order valence-electron chi connectivity index (χ3n) is 4.37. The average Bonchev–Trinajstić information content (AvgIpc) is 2.56. The first-order chi connectivity index (χ1) is 14.4. The first-order valence-corrected chi connectivity index (χ1v) is 18.1. The van der Waals surface area contributed by atoms with Gasteiger partial charge >= 0.3 is 52.9 Å². The summed E-state index contributed by atoms with van der Waals surface area (Å²) in [6.45, 7) is 8.48. The van der Waals surface area contributed by atoms with Gasteiger partial charge < -0.3 is 12.7 Å². The van der Waals surface area contributed by atoms with Crippen LogP contribution in [-0.4, -0.2) is 68.3 Å². The summed E-state index contributed by atoms with van der Waals surface area (Å²) in [5, 5.41) is 0. The minimum absolute atomic E-state index is 1.10. The molecular formula is C15H25F13O3Si3. The van der Waals surface area contributed by atoms with E-state index in [0.717, 1.165) is 6.55 Å². The fraction of sp³-hybridized carbons (Fsp3) is 1.00. The smallest absolute Gasteiger partial charge is 0.437 e. The standard InChI is InChI=1S/C15H25F13O3Si3/c1-29-33(5,6)31-34(7,30-32(2,3)4)9-8-10(16,17)11(18,19)12(20,21)13(22,23)14(24,25)15(26,27)28/h8-9H2,1-7H3. The molecule has 34 heavy (non-hydrogen) atoms. The quantitative estimate of drug-likeness (QED) is 0.177. The van der Waals surface area contributed by atoms with E-state index in [4.69, 9.17) is 12.7 Å². The van der Waals surface area contributed by atoms with Crippen molar-refractivity contribution in [1.29, 1.82) is 0 Å². The van der Waals surface area contributed by atoms with E-state index in [1.807, 2.05) is 0 Å². The van der Waals surface area contributed by atoms with Crippen LogP contribution in [0.5, 0.6) is 0 Å². The topological polar surface area (TPSA) is 27.7 Å². The lowest BCUT2D eigenvalue weighted by atomic mass is 9.93. The van der Waals surface area contributed by atoms with Crippen molar-refractivity contribution in [2.75, 3.05) is 7.11 Å². The Hall–Kier alpha value is -0.379. The van der Waals surface area contributed by atoms with E-state index in [9.17, 15) is 57.1 Å². The highest BCUT2D eigenvalue weighted by molar-refractivity contribution is 6.86. The molecule has 19 heteroatoms. The minimum Gasteiger partial charge on any atom is -0.437 e. The van der Waals surface area contributed by atoms with Gasteiger partial charge in [0.15, 0.2) is 8.32 Å². The second kappa shape index (κ2) is 9.49. The Kier molecular flexibility index (Phi) is 9.39. The molecular weight excluding hydrogens is 559 g/mol. The van der Waals surface area contributed by atoms with E-state index in [2.05, 4.69) is 0 Å². The van der Waals surface area contributed by atoms with Crippen LogP contribution < -0.4 is 0 Å². The summed E-state index contributed by atoms with van der Waals surface area (Å²) in [5.74, 6) is -36.9. The summed E-state index contributed by atoms with van der Waals surface area (Å²) >= 11 is 0. The molecule has 0 aromatic rings. The zero-order valence-corrected chi connectivity index (χ0v) is 22.1. The maximum Gasteiger partial charge on any atom is 0.460 e. The Morgan fingerprint density at radius 1 is 0.559 bits per heavy atom. The summed E-state index contributed by atoms with van der Waals surface area (Å²) in [6, 6.07) is -1.23. The van der Waals surface area contributed by atoms with E-state index in [0.29, 0.717) is 0 Å². The summed E-state index contributed by atoms with van der Waals surface area (Å²) in [6.07, 6.45) is -9.78. The molecule has 0 fully saturated rings. The van der Waals surface area contributed by atoms with Crippen molar-refractivity contribution >= 4 is 25.4 Å². The molecule has 0 aromatic heterocycles. The average molecular weight is 585 g/mol. The predicted octanol–water partition coefficient (Wildman–Crippen LogP) is 7.40. The van der Waals surface area contributed by atoms with Crippen molar-refractivity contribution in [3.05, 3.63) is 0 Å². The number of hydrogen-bond acceptors (Lipinski definition) is 3. The van der Waals surface area contributed by atoms with Crippen LogP contribution >= 0.6 is 0 Å². The molecule has 0 aromatic carbocycles. The van der Waals surface area contributed by atoms with Crippen LogP contribution in [-0.2, 0) is 12.7 Å². The lowest BCUT2D eigenvalue weighted by Crippen LogP contribution is -2.70. The highest BCUT2D eigenvalue weighted by Crippen LogP contribution is 2.61. The Balaban J connectivity index is 6.25. The number of halogens is 13. The normalized spacial score (nSPS) is 17.6. The molecule has 0 N–H and O–H groups in total. The molecule has 0 saturated carbocycles. The fourth-order valence-electron chi connectivity index (χ4n) is 2.68. The van der Waals surface area contributed by atoms with E-state index in [1.54, 1.807) is 0 Å². The number of alkyl halides is 13. The van der Waals surface area contributed by atoms with Gasteiger partial charge in [-0.05, 0) is 45.3 Å². The zero-order valence-electron chi connectivity index (χ0n) is 19.1. The van der Waals surface area contributed by atoms with Crippen LogP contribution in [0, 0.1) is 0 Å². The summed E-state index contributed by atoms with van der Waals surface area (Å²) in [5.41, 5.74) is 0. The van der Waals surface area contributed by atoms with Gasteiger partial charge in [0.1, 0.15) is 0 Å². The summed E-state index contributed by atoms with van der Waals surface area (Å²) in [7, 11) is -8.62. The molecule has 1 unspecified atom stereocenters. The first-order valence-electron chi connectivity index (χ1n) is 9.34. The summed E-state index contributed by atoms with van der Waals surface area (Å²) in [4.78, 5) is 0. The lowest BCUT2D eigenvalue weighted by molar-refractivity contribution is -0.440. The Bertz CT molecular complexity index is 708. The van der Waals surface area contributed by atoms with Crippen LogP contribution in [0.25, 0.3) is 0 Å². The zero-order chi connectivity index (χ0) is 28.0. The number of rotatable bonds is 12. The monoisotopic (exact) mass is 584 g/mol. The molecule has 0 aliphatic rings. The fourth-order valence-corrected chi connectivity index (χ4v) is 14.5. The van der Waals surface area contributed by atoms with Crippen LogP contribution in [0.1, 0.15) is 6.42 Å². The highest BCUT2D eigenvalue weighted by atomic mass is 28.5. The molecule has 0 radical (unpaired) electrons. The predicted molar refractivity (Wildman–Crippen MR) is 102 cm³/mol. The van der Waals surface area contributed by atoms with E-state index in [1.165, 1.54) is 39.8 Å². The van der Waals surface area contributed by atoms with Gasteiger partial charge in [0.25, 0.3) is 0 Å². The molecule has 0 bridgehead atoms. The van der Waals surface area contributed by atoms with Crippen LogP contribution in [0.15, 0.2) is 0 Å². The SMILES string of the molecule is CO[Si](C)(C)O[Si](C)(CCC(F)(F)C(F)(F)C(F)(F)C(F)(F)C(F)(F)C(F)(F)F)O[Si](C)(C)C. The van der Waals surface area contributed by atoms with Crippen LogP contribution in [0.4, 0.5) is 57.1 Å². The highest BCUT2D eigenvalue weighted by Gasteiger charge is 2.90. The van der Waals surface area contributed by atoms with Crippen LogP contribution in [0.3, 0.4) is 0 Å². The van der Waals surface area contributed by atoms with Crippen molar-refractivity contribution in [1.82, 2.24) is 0 Å². The van der Waals surface area contributed by atoms with E-state index in [-0.39, 0.29) is 0 Å². The van der Waals surface area contributed by atoms with Gasteiger partial charge in [-0.25, -0.2) is 0 Å². The molecule has 206 valence electrons. The van der Waals surface area contributed by atoms with Gasteiger partial charge in [0.2, 0.25) is 0 Å². The van der Waals surface area contributed by atoms with Gasteiger partial charge in [-0.2, -0.15) is 57.1 Å². The van der Waals surface area contributed by atoms with Crippen molar-refractivity contribution in [2.45, 2.75) is 87.5 Å². The van der Waals surface area contributed by atoms with Gasteiger partial charge in [0.05, 0.1) is 0 Å². The third-order valence-corrected chi connectivity index (χ3v) is 14.4. The lowest BCUT2D eigenvalue weighted by Gasteiger charge is -2.41. The second-order valence-electron chi connectivity index (χ2n) is 9.05. The van der Waals surface area contributed by atoms with Crippen molar-refractivity contribution in [3.63, 3.8) is 0 Å². The van der Waals surface area contributed by atoms with Crippen molar-refractivity contribution in [3.8, 4) is 0 Å². The van der Waals surface area contributed by atoms with Crippen LogP contribution in [0.2, 0.25) is 45.3 Å².